The Bertz CT molecular complexity index is 445. The number of ether oxygens (including phenoxy) is 1. The fourth-order valence-corrected chi connectivity index (χ4v) is 1.82. The van der Waals surface area contributed by atoms with Crippen molar-refractivity contribution < 1.29 is 19.4 Å². The highest BCUT2D eigenvalue weighted by atomic mass is 16.5. The van der Waals surface area contributed by atoms with Gasteiger partial charge in [-0.2, -0.15) is 0 Å². The Morgan fingerprint density at radius 2 is 2.05 bits per heavy atom. The lowest BCUT2D eigenvalue weighted by Gasteiger charge is -2.12. The average molecular weight is 265 g/mol. The summed E-state index contributed by atoms with van der Waals surface area (Å²) in [6.45, 7) is 1.68. The number of carbonyl (C=O) groups excluding carboxylic acids is 1. The second-order valence-corrected chi connectivity index (χ2v) is 4.38. The van der Waals surface area contributed by atoms with Gasteiger partial charge in [0.25, 0.3) is 0 Å². The van der Waals surface area contributed by atoms with Crippen LogP contribution >= 0.6 is 0 Å². The van der Waals surface area contributed by atoms with Crippen molar-refractivity contribution in [3.63, 3.8) is 0 Å². The summed E-state index contributed by atoms with van der Waals surface area (Å²) in [6.07, 6.45) is 0.806. The molecule has 0 bridgehead atoms. The zero-order valence-corrected chi connectivity index (χ0v) is 11.2. The molecule has 19 heavy (non-hydrogen) atoms. The molecule has 5 nitrogen and oxygen atoms in total. The van der Waals surface area contributed by atoms with Crippen LogP contribution in [0.5, 0.6) is 5.75 Å². The molecule has 1 aromatic carbocycles. The molecule has 0 aliphatic rings. The molecule has 1 amide bonds. The molecular formula is C14H19NO4. The molecule has 0 spiro atoms. The number of nitrogens with one attached hydrogen (secondary N) is 1. The summed E-state index contributed by atoms with van der Waals surface area (Å²) in [5, 5.41) is 11.3. The van der Waals surface area contributed by atoms with Gasteiger partial charge in [-0.25, -0.2) is 0 Å². The first-order valence-corrected chi connectivity index (χ1v) is 6.16. The van der Waals surface area contributed by atoms with Crippen LogP contribution in [0.3, 0.4) is 0 Å². The van der Waals surface area contributed by atoms with Crippen LogP contribution in [-0.4, -0.2) is 30.1 Å². The molecule has 1 aromatic rings. The van der Waals surface area contributed by atoms with E-state index in [-0.39, 0.29) is 18.4 Å². The third-order valence-corrected chi connectivity index (χ3v) is 2.70. The molecule has 0 fully saturated rings. The van der Waals surface area contributed by atoms with Gasteiger partial charge in [-0.3, -0.25) is 9.59 Å². The first kappa shape index (κ1) is 15.0. The van der Waals surface area contributed by atoms with Crippen molar-refractivity contribution in [2.24, 2.45) is 0 Å². The van der Waals surface area contributed by atoms with E-state index in [0.29, 0.717) is 12.8 Å². The maximum absolute atomic E-state index is 11.7. The summed E-state index contributed by atoms with van der Waals surface area (Å²) < 4.78 is 5.20. The van der Waals surface area contributed by atoms with Gasteiger partial charge in [0.05, 0.1) is 13.5 Å². The van der Waals surface area contributed by atoms with E-state index in [1.807, 2.05) is 24.3 Å². The minimum atomic E-state index is -0.919. The maximum atomic E-state index is 11.7. The summed E-state index contributed by atoms with van der Waals surface area (Å²) in [6, 6.07) is 7.16. The maximum Gasteiger partial charge on any atom is 0.305 e. The highest BCUT2D eigenvalue weighted by Crippen LogP contribution is 2.18. The molecule has 0 saturated heterocycles. The third kappa shape index (κ3) is 5.42. The van der Waals surface area contributed by atoms with E-state index in [1.54, 1.807) is 14.0 Å². The molecule has 104 valence electrons. The number of methoxy groups -OCH3 is 1. The summed E-state index contributed by atoms with van der Waals surface area (Å²) in [5.74, 6) is -0.314. The summed E-state index contributed by atoms with van der Waals surface area (Å²) in [4.78, 5) is 22.1. The van der Waals surface area contributed by atoms with Gasteiger partial charge in [0.15, 0.2) is 0 Å². The van der Waals surface area contributed by atoms with Crippen molar-refractivity contribution >= 4 is 11.9 Å². The Hall–Kier alpha value is -2.04. The first-order valence-electron chi connectivity index (χ1n) is 6.16. The van der Waals surface area contributed by atoms with E-state index in [1.165, 1.54) is 0 Å². The van der Waals surface area contributed by atoms with E-state index in [9.17, 15) is 9.59 Å². The van der Waals surface area contributed by atoms with Crippen molar-refractivity contribution in [3.8, 4) is 5.75 Å². The van der Waals surface area contributed by atoms with E-state index in [2.05, 4.69) is 5.32 Å². The molecule has 5 heteroatoms. The van der Waals surface area contributed by atoms with Crippen molar-refractivity contribution in [2.75, 3.05) is 7.11 Å². The number of hydrogen-bond acceptors (Lipinski definition) is 3. The normalized spacial score (nSPS) is 11.7. The summed E-state index contributed by atoms with van der Waals surface area (Å²) >= 11 is 0. The van der Waals surface area contributed by atoms with Crippen LogP contribution in [-0.2, 0) is 16.0 Å². The van der Waals surface area contributed by atoms with Crippen LogP contribution in [0.2, 0.25) is 0 Å². The van der Waals surface area contributed by atoms with Gasteiger partial charge in [0, 0.05) is 12.5 Å². The van der Waals surface area contributed by atoms with Crippen molar-refractivity contribution in [3.05, 3.63) is 29.8 Å². The van der Waals surface area contributed by atoms with Gasteiger partial charge in [0.1, 0.15) is 5.75 Å². The van der Waals surface area contributed by atoms with Gasteiger partial charge in [-0.1, -0.05) is 18.2 Å². The Morgan fingerprint density at radius 3 is 2.68 bits per heavy atom. The zero-order chi connectivity index (χ0) is 14.3. The molecule has 0 aliphatic carbocycles. The standard InChI is InChI=1S/C14H19NO4/c1-10(9-14(17)18)15-13(16)8-7-11-5-3-4-6-12(11)19-2/h3-6,10H,7-9H2,1-2H3,(H,15,16)(H,17,18). The Labute approximate surface area is 112 Å². The average Bonchev–Trinajstić information content (AvgIpc) is 2.35. The molecule has 2 N–H and O–H groups in total. The molecule has 1 unspecified atom stereocenters. The summed E-state index contributed by atoms with van der Waals surface area (Å²) in [5.41, 5.74) is 0.964. The van der Waals surface area contributed by atoms with Crippen LogP contribution in [0.25, 0.3) is 0 Å². The van der Waals surface area contributed by atoms with Crippen LogP contribution in [0.15, 0.2) is 24.3 Å². The SMILES string of the molecule is COc1ccccc1CCC(=O)NC(C)CC(=O)O. The number of rotatable bonds is 7. The number of aliphatic carboxylic acids is 1. The van der Waals surface area contributed by atoms with Gasteiger partial charge < -0.3 is 15.2 Å². The number of para-hydroxylation sites is 1. The molecule has 0 saturated carbocycles. The largest absolute Gasteiger partial charge is 0.496 e. The zero-order valence-electron chi connectivity index (χ0n) is 11.2. The van der Waals surface area contributed by atoms with E-state index < -0.39 is 5.97 Å². The topological polar surface area (TPSA) is 75.6 Å². The number of amides is 1. The van der Waals surface area contributed by atoms with Gasteiger partial charge in [-0.05, 0) is 25.0 Å². The minimum absolute atomic E-state index is 0.0690. The van der Waals surface area contributed by atoms with E-state index >= 15 is 0 Å². The molecular weight excluding hydrogens is 246 g/mol. The Balaban J connectivity index is 2.43. The van der Waals surface area contributed by atoms with E-state index in [0.717, 1.165) is 11.3 Å². The minimum Gasteiger partial charge on any atom is -0.496 e. The molecule has 0 heterocycles. The number of carboxylic acid groups (broad SMARTS) is 1. The second kappa shape index (κ2) is 7.41. The lowest BCUT2D eigenvalue weighted by Crippen LogP contribution is -2.34. The molecule has 1 rings (SSSR count). The van der Waals surface area contributed by atoms with Gasteiger partial charge >= 0.3 is 5.97 Å². The number of benzene rings is 1. The van der Waals surface area contributed by atoms with Crippen molar-refractivity contribution in [1.82, 2.24) is 5.32 Å². The van der Waals surface area contributed by atoms with E-state index in [4.69, 9.17) is 9.84 Å². The van der Waals surface area contributed by atoms with Crippen LogP contribution in [0.1, 0.15) is 25.3 Å². The molecule has 0 aromatic heterocycles. The highest BCUT2D eigenvalue weighted by molar-refractivity contribution is 5.77. The van der Waals surface area contributed by atoms with Crippen LogP contribution in [0, 0.1) is 0 Å². The quantitative estimate of drug-likeness (QED) is 0.785. The van der Waals surface area contributed by atoms with Gasteiger partial charge in [-0.15, -0.1) is 0 Å². The lowest BCUT2D eigenvalue weighted by molar-refractivity contribution is -0.137. The van der Waals surface area contributed by atoms with Gasteiger partial charge in [0.2, 0.25) is 5.91 Å². The van der Waals surface area contributed by atoms with Crippen LogP contribution < -0.4 is 10.1 Å². The third-order valence-electron chi connectivity index (χ3n) is 2.70. The predicted octanol–water partition coefficient (Wildman–Crippen LogP) is 1.61. The smallest absolute Gasteiger partial charge is 0.305 e. The van der Waals surface area contributed by atoms with Crippen molar-refractivity contribution in [2.45, 2.75) is 32.2 Å². The number of aryl methyl sites for hydroxylation is 1. The Kier molecular flexibility index (Phi) is 5.85. The molecule has 0 aliphatic heterocycles. The van der Waals surface area contributed by atoms with Crippen LogP contribution in [0.4, 0.5) is 0 Å². The fraction of sp³-hybridized carbons (Fsp3) is 0.429. The Morgan fingerprint density at radius 1 is 1.37 bits per heavy atom. The second-order valence-electron chi connectivity index (χ2n) is 4.38. The number of carbonyl (C=O) groups is 2. The lowest BCUT2D eigenvalue weighted by atomic mass is 10.1. The highest BCUT2D eigenvalue weighted by Gasteiger charge is 2.11. The van der Waals surface area contributed by atoms with Crippen molar-refractivity contribution in [1.29, 1.82) is 0 Å². The predicted molar refractivity (Wildman–Crippen MR) is 71.2 cm³/mol. The fourth-order valence-electron chi connectivity index (χ4n) is 1.82. The molecule has 0 radical (unpaired) electrons. The first-order chi connectivity index (χ1) is 9.02. The number of carboxylic acids is 1. The number of hydrogen-bond donors (Lipinski definition) is 2. The summed E-state index contributed by atoms with van der Waals surface area (Å²) in [7, 11) is 1.59. The molecule has 1 atom stereocenters. The monoisotopic (exact) mass is 265 g/mol.